The second kappa shape index (κ2) is 8.97. The highest BCUT2D eigenvalue weighted by Gasteiger charge is 2.31. The van der Waals surface area contributed by atoms with E-state index in [0.717, 1.165) is 25.3 Å². The fourth-order valence-corrected chi connectivity index (χ4v) is 2.82. The molecule has 0 aliphatic carbocycles. The Hall–Kier alpha value is -1.68. The zero-order valence-electron chi connectivity index (χ0n) is 13.6. The van der Waals surface area contributed by atoms with Crippen LogP contribution in [-0.2, 0) is 11.3 Å². The van der Waals surface area contributed by atoms with Gasteiger partial charge in [-0.1, -0.05) is 6.07 Å². The van der Waals surface area contributed by atoms with Gasteiger partial charge in [0.25, 0.3) is 0 Å². The first kappa shape index (κ1) is 18.7. The maximum Gasteiger partial charge on any atom is 0.194 e. The van der Waals surface area contributed by atoms with Gasteiger partial charge in [-0.2, -0.15) is 5.10 Å². The number of halogens is 1. The Balaban J connectivity index is 0.00000208. The summed E-state index contributed by atoms with van der Waals surface area (Å²) in [5.41, 5.74) is 7.06. The third-order valence-electron chi connectivity index (χ3n) is 3.97. The molecule has 1 aliphatic rings. The summed E-state index contributed by atoms with van der Waals surface area (Å²) in [6.45, 7) is 4.27. The van der Waals surface area contributed by atoms with Gasteiger partial charge in [-0.15, -0.1) is 24.0 Å². The van der Waals surface area contributed by atoms with Crippen molar-refractivity contribution in [2.45, 2.75) is 26.0 Å². The number of aryl methyl sites for hydroxylation is 1. The van der Waals surface area contributed by atoms with E-state index in [1.807, 2.05) is 35.1 Å². The lowest BCUT2D eigenvalue weighted by molar-refractivity contribution is 0.0851. The molecule has 3 heterocycles. The van der Waals surface area contributed by atoms with Crippen LogP contribution in [0.3, 0.4) is 0 Å². The Morgan fingerprint density at radius 2 is 2.29 bits per heavy atom. The molecule has 0 saturated carbocycles. The number of nitrogens with two attached hydrogens (primary N) is 1. The number of rotatable bonds is 5. The maximum atomic E-state index is 5.94. The van der Waals surface area contributed by atoms with Crippen LogP contribution in [0.25, 0.3) is 0 Å². The number of aliphatic imine (C=N–C) groups is 1. The number of hydrogen-bond acceptors (Lipinski definition) is 4. The van der Waals surface area contributed by atoms with Gasteiger partial charge in [0.1, 0.15) is 11.9 Å². The van der Waals surface area contributed by atoms with Crippen molar-refractivity contribution >= 4 is 35.8 Å². The van der Waals surface area contributed by atoms with Crippen molar-refractivity contribution in [2.75, 3.05) is 18.5 Å². The number of hydrogen-bond donors (Lipinski definition) is 2. The Bertz CT molecular complexity index is 660. The summed E-state index contributed by atoms with van der Waals surface area (Å²) >= 11 is 0. The van der Waals surface area contributed by atoms with E-state index in [0.29, 0.717) is 24.2 Å². The van der Waals surface area contributed by atoms with Crippen LogP contribution in [0.4, 0.5) is 5.82 Å². The highest BCUT2D eigenvalue weighted by Crippen LogP contribution is 2.34. The molecule has 3 N–H and O–H groups in total. The highest BCUT2D eigenvalue weighted by atomic mass is 127. The van der Waals surface area contributed by atoms with Crippen molar-refractivity contribution in [1.82, 2.24) is 14.8 Å². The number of nitrogens with one attached hydrogen (secondary N) is 1. The molecule has 130 valence electrons. The van der Waals surface area contributed by atoms with Crippen LogP contribution in [0, 0.1) is 5.92 Å². The van der Waals surface area contributed by atoms with Crippen LogP contribution in [-0.4, -0.2) is 33.9 Å². The molecular weight excluding hydrogens is 419 g/mol. The topological polar surface area (TPSA) is 90.3 Å². The van der Waals surface area contributed by atoms with Crippen molar-refractivity contribution in [3.63, 3.8) is 0 Å². The van der Waals surface area contributed by atoms with Crippen molar-refractivity contribution in [1.29, 1.82) is 0 Å². The molecule has 0 amide bonds. The van der Waals surface area contributed by atoms with E-state index in [2.05, 4.69) is 27.3 Å². The number of anilines is 1. The SMILES string of the molecule is CCn1nccc1[C@@H]1OCC[C@H]1CN=C(N)Nc1ccccn1.I. The minimum atomic E-state index is 0. The fraction of sp³-hybridized carbons (Fsp3) is 0.438. The van der Waals surface area contributed by atoms with Crippen LogP contribution in [0.5, 0.6) is 0 Å². The van der Waals surface area contributed by atoms with E-state index >= 15 is 0 Å². The van der Waals surface area contributed by atoms with Gasteiger partial charge in [-0.25, -0.2) is 4.98 Å². The summed E-state index contributed by atoms with van der Waals surface area (Å²) in [5, 5.41) is 7.32. The molecule has 3 rings (SSSR count). The standard InChI is InChI=1S/C16H22N6O.HI/c1-2-22-13(6-9-20-22)15-12(7-10-23-15)11-19-16(17)21-14-5-3-4-8-18-14;/h3-6,8-9,12,15H,2,7,10-11H2,1H3,(H3,17,18,19,21);1H/t12-,15+;/m0./s1. The predicted molar refractivity (Wildman–Crippen MR) is 104 cm³/mol. The van der Waals surface area contributed by atoms with Gasteiger partial charge in [-0.05, 0) is 31.5 Å². The molecule has 0 radical (unpaired) electrons. The molecule has 2 atom stereocenters. The Morgan fingerprint density at radius 1 is 1.42 bits per heavy atom. The first-order valence-corrected chi connectivity index (χ1v) is 7.89. The molecule has 8 heteroatoms. The molecule has 1 aliphatic heterocycles. The van der Waals surface area contributed by atoms with Gasteiger partial charge in [-0.3, -0.25) is 9.67 Å². The van der Waals surface area contributed by atoms with Gasteiger partial charge >= 0.3 is 0 Å². The summed E-state index contributed by atoms with van der Waals surface area (Å²) in [5.74, 6) is 1.37. The summed E-state index contributed by atoms with van der Waals surface area (Å²) in [7, 11) is 0. The van der Waals surface area contributed by atoms with E-state index in [-0.39, 0.29) is 30.1 Å². The molecule has 2 aromatic rings. The third kappa shape index (κ3) is 4.44. The van der Waals surface area contributed by atoms with E-state index in [1.165, 1.54) is 0 Å². The average molecular weight is 442 g/mol. The average Bonchev–Trinajstić information content (AvgIpc) is 3.22. The van der Waals surface area contributed by atoms with Crippen LogP contribution >= 0.6 is 24.0 Å². The van der Waals surface area contributed by atoms with E-state index in [1.54, 1.807) is 6.20 Å². The Morgan fingerprint density at radius 3 is 3.04 bits per heavy atom. The fourth-order valence-electron chi connectivity index (χ4n) is 2.82. The van der Waals surface area contributed by atoms with Gasteiger partial charge in [0, 0.05) is 38.0 Å². The van der Waals surface area contributed by atoms with E-state index in [9.17, 15) is 0 Å². The number of aromatic nitrogens is 3. The zero-order chi connectivity index (χ0) is 16.1. The smallest absolute Gasteiger partial charge is 0.194 e. The van der Waals surface area contributed by atoms with Crippen molar-refractivity contribution in [3.8, 4) is 0 Å². The van der Waals surface area contributed by atoms with Crippen LogP contribution in [0.2, 0.25) is 0 Å². The van der Waals surface area contributed by atoms with E-state index < -0.39 is 0 Å². The largest absolute Gasteiger partial charge is 0.372 e. The minimum Gasteiger partial charge on any atom is -0.372 e. The summed E-state index contributed by atoms with van der Waals surface area (Å²) in [6.07, 6.45) is 4.53. The molecule has 0 unspecified atom stereocenters. The first-order valence-electron chi connectivity index (χ1n) is 7.89. The first-order chi connectivity index (χ1) is 11.3. The number of guanidine groups is 1. The quantitative estimate of drug-likeness (QED) is 0.422. The molecule has 0 spiro atoms. The zero-order valence-corrected chi connectivity index (χ0v) is 16.0. The van der Waals surface area contributed by atoms with Crippen molar-refractivity contribution < 1.29 is 4.74 Å². The molecular formula is C16H23IN6O. The Kier molecular flexibility index (Phi) is 6.98. The van der Waals surface area contributed by atoms with E-state index in [4.69, 9.17) is 10.5 Å². The maximum absolute atomic E-state index is 5.94. The van der Waals surface area contributed by atoms with Crippen LogP contribution in [0.1, 0.15) is 25.1 Å². The normalized spacial score (nSPS) is 20.6. The van der Waals surface area contributed by atoms with Crippen LogP contribution in [0.15, 0.2) is 41.7 Å². The van der Waals surface area contributed by atoms with Crippen molar-refractivity contribution in [3.05, 3.63) is 42.4 Å². The molecule has 2 aromatic heterocycles. The molecule has 7 nitrogen and oxygen atoms in total. The highest BCUT2D eigenvalue weighted by molar-refractivity contribution is 14.0. The molecule has 1 saturated heterocycles. The lowest BCUT2D eigenvalue weighted by Crippen LogP contribution is -2.25. The molecule has 0 bridgehead atoms. The summed E-state index contributed by atoms with van der Waals surface area (Å²) in [6, 6.07) is 7.63. The van der Waals surface area contributed by atoms with Crippen molar-refractivity contribution in [2.24, 2.45) is 16.6 Å². The number of nitrogens with zero attached hydrogens (tertiary/aromatic N) is 4. The lowest BCUT2D eigenvalue weighted by atomic mass is 9.99. The lowest BCUT2D eigenvalue weighted by Gasteiger charge is -2.18. The molecule has 0 aromatic carbocycles. The molecule has 1 fully saturated rings. The van der Waals surface area contributed by atoms with Gasteiger partial charge < -0.3 is 15.8 Å². The number of pyridine rings is 1. The second-order valence-corrected chi connectivity index (χ2v) is 5.48. The Labute approximate surface area is 158 Å². The van der Waals surface area contributed by atoms with Gasteiger partial charge in [0.2, 0.25) is 0 Å². The number of ether oxygens (including phenoxy) is 1. The summed E-state index contributed by atoms with van der Waals surface area (Å²) in [4.78, 5) is 8.62. The second-order valence-electron chi connectivity index (χ2n) is 5.48. The predicted octanol–water partition coefficient (Wildman–Crippen LogP) is 2.42. The summed E-state index contributed by atoms with van der Waals surface area (Å²) < 4.78 is 7.87. The van der Waals surface area contributed by atoms with Gasteiger partial charge in [0.05, 0.1) is 5.69 Å². The monoisotopic (exact) mass is 442 g/mol. The van der Waals surface area contributed by atoms with Gasteiger partial charge in [0.15, 0.2) is 5.96 Å². The third-order valence-corrected chi connectivity index (χ3v) is 3.97. The minimum absolute atomic E-state index is 0. The van der Waals surface area contributed by atoms with Crippen LogP contribution < -0.4 is 11.1 Å². The molecule has 24 heavy (non-hydrogen) atoms.